The maximum absolute atomic E-state index is 10.8. The van der Waals surface area contributed by atoms with Crippen LogP contribution in [0.15, 0.2) is 48.5 Å². The molecular weight excluding hydrogens is 408 g/mol. The minimum Gasteiger partial charge on any atom is -0.456 e. The molecule has 4 rings (SSSR count). The summed E-state index contributed by atoms with van der Waals surface area (Å²) in [4.78, 5) is 43.3. The molecule has 0 fully saturated rings. The molecule has 0 saturated heterocycles. The van der Waals surface area contributed by atoms with Crippen LogP contribution in [0.2, 0.25) is 26.2 Å². The fourth-order valence-electron chi connectivity index (χ4n) is 2.37. The zero-order valence-corrected chi connectivity index (χ0v) is 18.5. The van der Waals surface area contributed by atoms with E-state index in [-0.39, 0.29) is 0 Å². The second kappa shape index (κ2) is 9.55. The van der Waals surface area contributed by atoms with Crippen molar-refractivity contribution in [3.63, 3.8) is 0 Å². The normalized spacial score (nSPS) is 13.9. The molecule has 0 saturated carbocycles. The quantitative estimate of drug-likeness (QED) is 0.410. The standard InChI is InChI=1S/2C8H4O3.C4H12OSi2/c2*9-7-5-3-1-2-4-6(5)8(10)11-7;1-6-5-7(2,3)4/h2*1-4H;1-4H3. The van der Waals surface area contributed by atoms with Gasteiger partial charge in [-0.1, -0.05) is 24.3 Å². The highest BCUT2D eigenvalue weighted by molar-refractivity contribution is 6.73. The highest BCUT2D eigenvalue weighted by Gasteiger charge is 2.29. The molecule has 29 heavy (non-hydrogen) atoms. The Morgan fingerprint density at radius 1 is 0.655 bits per heavy atom. The molecule has 0 unspecified atom stereocenters. The van der Waals surface area contributed by atoms with Crippen LogP contribution in [-0.4, -0.2) is 42.0 Å². The molecule has 9 heteroatoms. The summed E-state index contributed by atoms with van der Waals surface area (Å²) in [5, 5.41) is 0. The van der Waals surface area contributed by atoms with Crippen molar-refractivity contribution in [2.45, 2.75) is 26.2 Å². The molecule has 7 nitrogen and oxygen atoms in total. The third-order valence-electron chi connectivity index (χ3n) is 3.51. The molecular formula is C20H20O7Si2. The molecule has 0 aromatic heterocycles. The predicted octanol–water partition coefficient (Wildman–Crippen LogP) is 3.50. The Labute approximate surface area is 172 Å². The molecule has 0 N–H and O–H groups in total. The average Bonchev–Trinajstić information content (AvgIpc) is 3.12. The lowest BCUT2D eigenvalue weighted by Gasteiger charge is -2.14. The summed E-state index contributed by atoms with van der Waals surface area (Å²) in [6.07, 6.45) is 0. The summed E-state index contributed by atoms with van der Waals surface area (Å²) in [6.45, 7) is 8.66. The number of benzene rings is 2. The van der Waals surface area contributed by atoms with Gasteiger partial charge in [0, 0.05) is 0 Å². The van der Waals surface area contributed by atoms with Gasteiger partial charge in [-0.2, -0.15) is 0 Å². The van der Waals surface area contributed by atoms with Crippen LogP contribution in [0.5, 0.6) is 0 Å². The summed E-state index contributed by atoms with van der Waals surface area (Å²) < 4.78 is 14.1. The minimum atomic E-state index is -1.14. The topological polar surface area (TPSA) is 96.0 Å². The number of hydrogen-bond acceptors (Lipinski definition) is 7. The Balaban J connectivity index is 0.000000161. The third kappa shape index (κ3) is 6.04. The van der Waals surface area contributed by atoms with Crippen LogP contribution in [0.25, 0.3) is 0 Å². The molecule has 150 valence electrons. The Hall–Kier alpha value is -2.89. The number of fused-ring (bicyclic) bond motifs is 2. The van der Waals surface area contributed by atoms with Gasteiger partial charge in [0.1, 0.15) is 0 Å². The zero-order chi connectivity index (χ0) is 21.6. The van der Waals surface area contributed by atoms with Crippen molar-refractivity contribution < 1.29 is 32.8 Å². The van der Waals surface area contributed by atoms with Crippen molar-refractivity contribution in [3.05, 3.63) is 70.8 Å². The van der Waals surface area contributed by atoms with Gasteiger partial charge in [0.25, 0.3) is 0 Å². The van der Waals surface area contributed by atoms with Crippen molar-refractivity contribution in [2.75, 3.05) is 0 Å². The second-order valence-electron chi connectivity index (χ2n) is 6.86. The van der Waals surface area contributed by atoms with E-state index in [4.69, 9.17) is 4.12 Å². The molecule has 2 radical (unpaired) electrons. The van der Waals surface area contributed by atoms with E-state index in [9.17, 15) is 19.2 Å². The van der Waals surface area contributed by atoms with Crippen molar-refractivity contribution >= 4 is 42.0 Å². The van der Waals surface area contributed by atoms with Gasteiger partial charge in [-0.25, -0.2) is 19.2 Å². The minimum absolute atomic E-state index is 0.359. The number of carbonyl (C=O) groups is 4. The lowest BCUT2D eigenvalue weighted by molar-refractivity contribution is 0.0425. The molecule has 2 heterocycles. The maximum Gasteiger partial charge on any atom is 0.346 e. The Kier molecular flexibility index (Phi) is 7.37. The summed E-state index contributed by atoms with van der Waals surface area (Å²) in [6, 6.07) is 13.1. The van der Waals surface area contributed by atoms with E-state index in [1.54, 1.807) is 48.5 Å². The van der Waals surface area contributed by atoms with E-state index in [1.807, 2.05) is 0 Å². The number of rotatable bonds is 2. The summed E-state index contributed by atoms with van der Waals surface area (Å²) >= 11 is 0. The van der Waals surface area contributed by atoms with E-state index in [0.29, 0.717) is 32.0 Å². The van der Waals surface area contributed by atoms with Gasteiger partial charge in [0.05, 0.1) is 22.3 Å². The van der Waals surface area contributed by atoms with Crippen molar-refractivity contribution in [1.82, 2.24) is 0 Å². The summed E-state index contributed by atoms with van der Waals surface area (Å²) in [5.74, 6) is -2.20. The highest BCUT2D eigenvalue weighted by atomic mass is 28.4. The SMILES string of the molecule is C[Si]O[Si](C)(C)C.O=C1OC(=O)c2ccccc21.O=C1OC(=O)c2ccccc21. The number of cyclic esters (lactones) is 4. The van der Waals surface area contributed by atoms with E-state index in [1.165, 1.54) is 0 Å². The van der Waals surface area contributed by atoms with Gasteiger partial charge < -0.3 is 13.6 Å². The number of esters is 4. The summed E-state index contributed by atoms with van der Waals surface area (Å²) in [5.41, 5.74) is 1.44. The molecule has 0 bridgehead atoms. The fraction of sp³-hybridized carbons (Fsp3) is 0.200. The highest BCUT2D eigenvalue weighted by Crippen LogP contribution is 2.19. The van der Waals surface area contributed by atoms with Gasteiger partial charge in [-0.05, 0) is 50.5 Å². The molecule has 2 aromatic rings. The smallest absolute Gasteiger partial charge is 0.346 e. The van der Waals surface area contributed by atoms with E-state index in [2.05, 4.69) is 35.7 Å². The molecule has 0 atom stereocenters. The second-order valence-corrected chi connectivity index (χ2v) is 12.3. The van der Waals surface area contributed by atoms with E-state index in [0.717, 1.165) is 0 Å². The van der Waals surface area contributed by atoms with Crippen LogP contribution in [0.1, 0.15) is 41.4 Å². The maximum atomic E-state index is 10.8. The third-order valence-corrected chi connectivity index (χ3v) is 6.78. The van der Waals surface area contributed by atoms with Crippen LogP contribution in [0.3, 0.4) is 0 Å². The van der Waals surface area contributed by atoms with Gasteiger partial charge in [-0.15, -0.1) is 0 Å². The lowest BCUT2D eigenvalue weighted by atomic mass is 10.1. The van der Waals surface area contributed by atoms with E-state index >= 15 is 0 Å². The van der Waals surface area contributed by atoms with Gasteiger partial charge in [0.15, 0.2) is 8.32 Å². The Bertz CT molecular complexity index is 812. The molecule has 0 aliphatic carbocycles. The largest absolute Gasteiger partial charge is 0.456 e. The van der Waals surface area contributed by atoms with E-state index < -0.39 is 32.2 Å². The first kappa shape index (κ1) is 22.4. The number of hydrogen-bond donors (Lipinski definition) is 0. The first-order valence-corrected chi connectivity index (χ1v) is 13.5. The summed E-state index contributed by atoms with van der Waals surface area (Å²) in [7, 11) is -0.474. The number of carbonyl (C=O) groups excluding carboxylic acids is 4. The van der Waals surface area contributed by atoms with Gasteiger partial charge >= 0.3 is 23.9 Å². The Morgan fingerprint density at radius 3 is 1.10 bits per heavy atom. The molecule has 2 aliphatic heterocycles. The van der Waals surface area contributed by atoms with Gasteiger partial charge in [0.2, 0.25) is 9.76 Å². The first-order valence-electron chi connectivity index (χ1n) is 8.70. The predicted molar refractivity (Wildman–Crippen MR) is 108 cm³/mol. The van der Waals surface area contributed by atoms with Crippen LogP contribution in [0.4, 0.5) is 0 Å². The van der Waals surface area contributed by atoms with Gasteiger partial charge in [-0.3, -0.25) is 0 Å². The molecule has 2 aliphatic rings. The molecule has 2 aromatic carbocycles. The Morgan fingerprint density at radius 2 is 0.931 bits per heavy atom. The van der Waals surface area contributed by atoms with Crippen molar-refractivity contribution in [1.29, 1.82) is 0 Å². The van der Waals surface area contributed by atoms with Crippen LogP contribution >= 0.6 is 0 Å². The molecule has 0 amide bonds. The fourth-order valence-corrected chi connectivity index (χ4v) is 4.82. The molecule has 0 spiro atoms. The lowest BCUT2D eigenvalue weighted by Crippen LogP contribution is -2.26. The average molecular weight is 429 g/mol. The van der Waals surface area contributed by atoms with Crippen LogP contribution in [0, 0.1) is 0 Å². The first-order chi connectivity index (χ1) is 13.6. The zero-order valence-electron chi connectivity index (χ0n) is 16.5. The van der Waals surface area contributed by atoms with Crippen LogP contribution in [-0.2, 0) is 13.6 Å². The monoisotopic (exact) mass is 428 g/mol. The van der Waals surface area contributed by atoms with Crippen molar-refractivity contribution in [2.24, 2.45) is 0 Å². The number of ether oxygens (including phenoxy) is 2. The van der Waals surface area contributed by atoms with Crippen molar-refractivity contribution in [3.8, 4) is 0 Å². The van der Waals surface area contributed by atoms with Crippen LogP contribution < -0.4 is 0 Å².